The molecule has 5 nitrogen and oxygen atoms in total. The van der Waals surface area contributed by atoms with Crippen LogP contribution < -0.4 is 16.0 Å². The van der Waals surface area contributed by atoms with Crippen LogP contribution in [-0.4, -0.2) is 37.0 Å². The molecule has 3 N–H and O–H groups in total. The first-order chi connectivity index (χ1) is 8.49. The third-order valence-corrected chi connectivity index (χ3v) is 2.92. The van der Waals surface area contributed by atoms with Gasteiger partial charge >= 0.3 is 0 Å². The van der Waals surface area contributed by atoms with Crippen molar-refractivity contribution in [1.82, 2.24) is 16.0 Å². The molecule has 2 atom stereocenters. The van der Waals surface area contributed by atoms with Crippen molar-refractivity contribution in [3.8, 4) is 0 Å². The van der Waals surface area contributed by atoms with Crippen molar-refractivity contribution in [2.75, 3.05) is 13.1 Å². The third-order valence-electron chi connectivity index (χ3n) is 2.92. The average Bonchev–Trinajstić information content (AvgIpc) is 2.35. The van der Waals surface area contributed by atoms with Crippen molar-refractivity contribution >= 4 is 11.8 Å². The number of amides is 2. The van der Waals surface area contributed by atoms with Crippen molar-refractivity contribution in [1.29, 1.82) is 0 Å². The minimum Gasteiger partial charge on any atom is -0.354 e. The molecule has 0 aliphatic carbocycles. The standard InChI is InChI=1S/C13H27N3O2/c1-5-10(3)15-9-13(18)14-8-7-12(17)16-11(4)6-2/h10-11,15H,5-9H2,1-4H3,(H,14,18)(H,16,17). The minimum atomic E-state index is -0.0633. The summed E-state index contributed by atoms with van der Waals surface area (Å²) in [7, 11) is 0. The molecule has 0 fully saturated rings. The van der Waals surface area contributed by atoms with E-state index in [1.807, 2.05) is 20.8 Å². The summed E-state index contributed by atoms with van der Waals surface area (Å²) in [6, 6.07) is 0.532. The smallest absolute Gasteiger partial charge is 0.233 e. The summed E-state index contributed by atoms with van der Waals surface area (Å²) in [6.07, 6.45) is 2.24. The van der Waals surface area contributed by atoms with Crippen LogP contribution in [0, 0.1) is 0 Å². The summed E-state index contributed by atoms with van der Waals surface area (Å²) in [6.45, 7) is 8.78. The van der Waals surface area contributed by atoms with E-state index in [4.69, 9.17) is 0 Å². The van der Waals surface area contributed by atoms with Gasteiger partial charge in [-0.05, 0) is 26.7 Å². The molecule has 0 saturated carbocycles. The maximum atomic E-state index is 11.4. The highest BCUT2D eigenvalue weighted by molar-refractivity contribution is 5.80. The molecular weight excluding hydrogens is 230 g/mol. The fourth-order valence-corrected chi connectivity index (χ4v) is 1.24. The normalized spacial score (nSPS) is 13.8. The Kier molecular flexibility index (Phi) is 9.28. The fraction of sp³-hybridized carbons (Fsp3) is 0.846. The number of carbonyl (C=O) groups is 2. The molecule has 0 aromatic heterocycles. The van der Waals surface area contributed by atoms with E-state index < -0.39 is 0 Å². The zero-order valence-corrected chi connectivity index (χ0v) is 12.0. The van der Waals surface area contributed by atoms with Crippen LogP contribution in [0.15, 0.2) is 0 Å². The van der Waals surface area contributed by atoms with Gasteiger partial charge in [0.25, 0.3) is 0 Å². The number of carbonyl (C=O) groups excluding carboxylic acids is 2. The fourth-order valence-electron chi connectivity index (χ4n) is 1.24. The number of hydrogen-bond acceptors (Lipinski definition) is 3. The number of rotatable bonds is 9. The van der Waals surface area contributed by atoms with Crippen LogP contribution in [0.4, 0.5) is 0 Å². The first-order valence-corrected chi connectivity index (χ1v) is 6.79. The van der Waals surface area contributed by atoms with Crippen LogP contribution in [0.5, 0.6) is 0 Å². The van der Waals surface area contributed by atoms with Gasteiger partial charge in [0, 0.05) is 25.0 Å². The van der Waals surface area contributed by atoms with Crippen molar-refractivity contribution < 1.29 is 9.59 Å². The summed E-state index contributed by atoms with van der Waals surface area (Å²) < 4.78 is 0. The molecule has 18 heavy (non-hydrogen) atoms. The largest absolute Gasteiger partial charge is 0.354 e. The Balaban J connectivity index is 3.59. The first-order valence-electron chi connectivity index (χ1n) is 6.79. The minimum absolute atomic E-state index is 0.0143. The number of hydrogen-bond donors (Lipinski definition) is 3. The van der Waals surface area contributed by atoms with Gasteiger partial charge in [0.05, 0.1) is 6.54 Å². The Labute approximate surface area is 110 Å². The lowest BCUT2D eigenvalue weighted by Gasteiger charge is -2.12. The van der Waals surface area contributed by atoms with E-state index in [1.165, 1.54) is 0 Å². The lowest BCUT2D eigenvalue weighted by molar-refractivity contribution is -0.122. The number of nitrogens with one attached hydrogen (secondary N) is 3. The SMILES string of the molecule is CCC(C)NCC(=O)NCCC(=O)NC(C)CC. The molecule has 5 heteroatoms. The second-order valence-electron chi connectivity index (χ2n) is 4.67. The maximum absolute atomic E-state index is 11.4. The van der Waals surface area contributed by atoms with Gasteiger partial charge in [0.2, 0.25) is 11.8 Å². The highest BCUT2D eigenvalue weighted by Crippen LogP contribution is 1.89. The third kappa shape index (κ3) is 8.98. The van der Waals surface area contributed by atoms with E-state index in [0.29, 0.717) is 25.6 Å². The predicted molar refractivity (Wildman–Crippen MR) is 73.3 cm³/mol. The average molecular weight is 257 g/mol. The zero-order chi connectivity index (χ0) is 14.0. The van der Waals surface area contributed by atoms with Crippen LogP contribution in [0.2, 0.25) is 0 Å². The van der Waals surface area contributed by atoms with Crippen LogP contribution in [0.25, 0.3) is 0 Å². The van der Waals surface area contributed by atoms with Crippen molar-refractivity contribution in [3.05, 3.63) is 0 Å². The second kappa shape index (κ2) is 9.88. The molecule has 0 radical (unpaired) electrons. The molecule has 0 spiro atoms. The van der Waals surface area contributed by atoms with Gasteiger partial charge in [-0.15, -0.1) is 0 Å². The molecule has 0 heterocycles. The van der Waals surface area contributed by atoms with E-state index in [2.05, 4.69) is 22.9 Å². The quantitative estimate of drug-likeness (QED) is 0.572. The summed E-state index contributed by atoms with van der Waals surface area (Å²) in [4.78, 5) is 22.8. The van der Waals surface area contributed by atoms with Crippen molar-refractivity contribution in [2.24, 2.45) is 0 Å². The molecule has 2 amide bonds. The van der Waals surface area contributed by atoms with Crippen LogP contribution >= 0.6 is 0 Å². The van der Waals surface area contributed by atoms with Crippen molar-refractivity contribution in [3.63, 3.8) is 0 Å². The second-order valence-corrected chi connectivity index (χ2v) is 4.67. The zero-order valence-electron chi connectivity index (χ0n) is 12.0. The molecule has 0 aromatic rings. The maximum Gasteiger partial charge on any atom is 0.233 e. The molecule has 106 valence electrons. The van der Waals surface area contributed by atoms with Gasteiger partial charge in [-0.25, -0.2) is 0 Å². The van der Waals surface area contributed by atoms with Gasteiger partial charge < -0.3 is 16.0 Å². The van der Waals surface area contributed by atoms with Gasteiger partial charge in [0.1, 0.15) is 0 Å². The lowest BCUT2D eigenvalue weighted by atomic mass is 10.2. The Hall–Kier alpha value is -1.10. The Morgan fingerprint density at radius 2 is 1.61 bits per heavy atom. The molecular formula is C13H27N3O2. The van der Waals surface area contributed by atoms with Gasteiger partial charge in [-0.1, -0.05) is 13.8 Å². The monoisotopic (exact) mass is 257 g/mol. The molecule has 0 saturated heterocycles. The highest BCUT2D eigenvalue weighted by atomic mass is 16.2. The summed E-state index contributed by atoms with van der Waals surface area (Å²) in [5, 5.41) is 8.68. The Morgan fingerprint density at radius 3 is 2.17 bits per heavy atom. The molecule has 0 rings (SSSR count). The molecule has 0 aromatic carbocycles. The van der Waals surface area contributed by atoms with E-state index in [1.54, 1.807) is 0 Å². The molecule has 0 aliphatic rings. The van der Waals surface area contributed by atoms with Crippen LogP contribution in [0.3, 0.4) is 0 Å². The molecule has 0 bridgehead atoms. The van der Waals surface area contributed by atoms with Gasteiger partial charge in [-0.2, -0.15) is 0 Å². The Bertz CT molecular complexity index is 257. The highest BCUT2D eigenvalue weighted by Gasteiger charge is 2.07. The predicted octanol–water partition coefficient (Wildman–Crippen LogP) is 0.796. The van der Waals surface area contributed by atoms with E-state index in [-0.39, 0.29) is 17.9 Å². The van der Waals surface area contributed by atoms with Crippen LogP contribution in [-0.2, 0) is 9.59 Å². The molecule has 0 aliphatic heterocycles. The van der Waals surface area contributed by atoms with E-state index in [0.717, 1.165) is 12.8 Å². The Morgan fingerprint density at radius 1 is 1.00 bits per heavy atom. The van der Waals surface area contributed by atoms with Crippen molar-refractivity contribution in [2.45, 2.75) is 59.0 Å². The van der Waals surface area contributed by atoms with E-state index >= 15 is 0 Å². The van der Waals surface area contributed by atoms with E-state index in [9.17, 15) is 9.59 Å². The lowest BCUT2D eigenvalue weighted by Crippen LogP contribution is -2.40. The summed E-state index contributed by atoms with van der Waals surface area (Å²) >= 11 is 0. The first kappa shape index (κ1) is 16.9. The van der Waals surface area contributed by atoms with Gasteiger partial charge in [-0.3, -0.25) is 9.59 Å². The van der Waals surface area contributed by atoms with Crippen LogP contribution in [0.1, 0.15) is 47.0 Å². The van der Waals surface area contributed by atoms with Gasteiger partial charge in [0.15, 0.2) is 0 Å². The summed E-state index contributed by atoms with van der Waals surface area (Å²) in [5.74, 6) is -0.0776. The summed E-state index contributed by atoms with van der Waals surface area (Å²) in [5.41, 5.74) is 0. The topological polar surface area (TPSA) is 70.2 Å². The molecule has 2 unspecified atom stereocenters.